The Morgan fingerprint density at radius 3 is 2.79 bits per heavy atom. The molecule has 2 aliphatic rings. The van der Waals surface area contributed by atoms with Crippen molar-refractivity contribution in [1.82, 2.24) is 15.2 Å². The Balaban J connectivity index is 1.58. The molecule has 0 radical (unpaired) electrons. The van der Waals surface area contributed by atoms with Crippen LogP contribution in [0.5, 0.6) is 0 Å². The van der Waals surface area contributed by atoms with E-state index in [9.17, 15) is 9.90 Å². The summed E-state index contributed by atoms with van der Waals surface area (Å²) in [6, 6.07) is 0. The van der Waals surface area contributed by atoms with E-state index in [4.69, 9.17) is 0 Å². The number of hydrogen-bond donors (Lipinski definition) is 2. The maximum absolute atomic E-state index is 11.3. The third-order valence-corrected chi connectivity index (χ3v) is 4.97. The molecule has 2 heterocycles. The van der Waals surface area contributed by atoms with E-state index in [0.717, 1.165) is 30.6 Å². The first-order chi connectivity index (χ1) is 9.22. The van der Waals surface area contributed by atoms with Crippen molar-refractivity contribution in [2.75, 3.05) is 19.6 Å². The quantitative estimate of drug-likeness (QED) is 0.884. The molecule has 2 fully saturated rings. The number of aromatic nitrogens is 1. The lowest BCUT2D eigenvalue weighted by molar-refractivity contribution is 0.132. The van der Waals surface area contributed by atoms with Crippen LogP contribution < -0.4 is 5.32 Å². The summed E-state index contributed by atoms with van der Waals surface area (Å²) in [4.78, 5) is 17.0. The maximum Gasteiger partial charge on any atom is 0.407 e. The van der Waals surface area contributed by atoms with Gasteiger partial charge in [-0.3, -0.25) is 0 Å². The van der Waals surface area contributed by atoms with E-state index in [2.05, 4.69) is 10.3 Å². The fourth-order valence-electron chi connectivity index (χ4n) is 3.47. The molecule has 0 aromatic carbocycles. The average Bonchev–Trinajstić information content (AvgIpc) is 3.03. The summed E-state index contributed by atoms with van der Waals surface area (Å²) in [5, 5.41) is 14.7. The second kappa shape index (κ2) is 5.46. The summed E-state index contributed by atoms with van der Waals surface area (Å²) < 4.78 is 0. The van der Waals surface area contributed by atoms with Crippen molar-refractivity contribution >= 4 is 17.4 Å². The normalized spacial score (nSPS) is 29.4. The van der Waals surface area contributed by atoms with Gasteiger partial charge in [-0.1, -0.05) is 0 Å². The van der Waals surface area contributed by atoms with Gasteiger partial charge in [-0.05, 0) is 43.7 Å². The summed E-state index contributed by atoms with van der Waals surface area (Å²) in [5.41, 5.74) is 2.60. The number of hydrogen-bond acceptors (Lipinski definition) is 4. The molecule has 5 nitrogen and oxygen atoms in total. The van der Waals surface area contributed by atoms with Crippen molar-refractivity contribution in [1.29, 1.82) is 0 Å². The molecular formula is C13H19N3O2S. The summed E-state index contributed by atoms with van der Waals surface area (Å²) in [7, 11) is 0. The molecule has 1 aliphatic carbocycles. The minimum Gasteiger partial charge on any atom is -0.465 e. The van der Waals surface area contributed by atoms with Crippen LogP contribution in [0.4, 0.5) is 4.79 Å². The Labute approximate surface area is 116 Å². The lowest BCUT2D eigenvalue weighted by atomic mass is 10.0. The molecular weight excluding hydrogens is 262 g/mol. The number of rotatable bonds is 4. The highest BCUT2D eigenvalue weighted by Gasteiger charge is 2.38. The zero-order chi connectivity index (χ0) is 13.2. The van der Waals surface area contributed by atoms with Crippen LogP contribution in [0.2, 0.25) is 0 Å². The van der Waals surface area contributed by atoms with E-state index in [1.807, 2.05) is 5.38 Å². The largest absolute Gasteiger partial charge is 0.465 e. The molecule has 1 aliphatic heterocycles. The van der Waals surface area contributed by atoms with Crippen LogP contribution in [-0.2, 0) is 6.54 Å². The summed E-state index contributed by atoms with van der Waals surface area (Å²) in [6.07, 6.45) is 1.50. The van der Waals surface area contributed by atoms with Gasteiger partial charge in [-0.2, -0.15) is 0 Å². The molecule has 104 valence electrons. The van der Waals surface area contributed by atoms with Crippen LogP contribution in [0, 0.1) is 17.8 Å². The van der Waals surface area contributed by atoms with Crippen LogP contribution in [0.3, 0.4) is 0 Å². The van der Waals surface area contributed by atoms with E-state index >= 15 is 0 Å². The molecule has 3 atom stereocenters. The summed E-state index contributed by atoms with van der Waals surface area (Å²) in [5.74, 6) is 2.05. The Hall–Kier alpha value is -1.14. The highest BCUT2D eigenvalue weighted by molar-refractivity contribution is 7.07. The van der Waals surface area contributed by atoms with E-state index in [1.165, 1.54) is 29.1 Å². The van der Waals surface area contributed by atoms with Crippen molar-refractivity contribution in [3.63, 3.8) is 0 Å². The van der Waals surface area contributed by atoms with Gasteiger partial charge in [0.05, 0.1) is 17.7 Å². The van der Waals surface area contributed by atoms with Crippen molar-refractivity contribution < 1.29 is 9.90 Å². The van der Waals surface area contributed by atoms with Gasteiger partial charge in [0.2, 0.25) is 0 Å². The molecule has 0 bridgehead atoms. The Morgan fingerprint density at radius 2 is 2.21 bits per heavy atom. The molecule has 1 aromatic heterocycles. The predicted molar refractivity (Wildman–Crippen MR) is 73.1 cm³/mol. The van der Waals surface area contributed by atoms with Crippen molar-refractivity contribution in [3.8, 4) is 0 Å². The minimum absolute atomic E-state index is 0.420. The van der Waals surface area contributed by atoms with E-state index in [-0.39, 0.29) is 0 Å². The lowest BCUT2D eigenvalue weighted by Gasteiger charge is -2.22. The van der Waals surface area contributed by atoms with Gasteiger partial charge < -0.3 is 15.3 Å². The summed E-state index contributed by atoms with van der Waals surface area (Å²) in [6.45, 7) is 3.30. The smallest absolute Gasteiger partial charge is 0.407 e. The van der Waals surface area contributed by atoms with Gasteiger partial charge >= 0.3 is 6.09 Å². The van der Waals surface area contributed by atoms with Crippen LogP contribution in [0.25, 0.3) is 0 Å². The summed E-state index contributed by atoms with van der Waals surface area (Å²) >= 11 is 1.51. The monoisotopic (exact) mass is 281 g/mol. The topological polar surface area (TPSA) is 65.5 Å². The second-order valence-electron chi connectivity index (χ2n) is 5.66. The Kier molecular flexibility index (Phi) is 3.70. The van der Waals surface area contributed by atoms with Crippen molar-refractivity contribution in [3.05, 3.63) is 16.6 Å². The highest BCUT2D eigenvalue weighted by Crippen LogP contribution is 2.38. The minimum atomic E-state index is -0.830. The zero-order valence-electron chi connectivity index (χ0n) is 10.8. The molecule has 0 unspecified atom stereocenters. The number of amides is 1. The first-order valence-corrected chi connectivity index (χ1v) is 7.72. The predicted octanol–water partition coefficient (Wildman–Crippen LogP) is 1.87. The van der Waals surface area contributed by atoms with Gasteiger partial charge in [0.25, 0.3) is 0 Å². The highest BCUT2D eigenvalue weighted by atomic mass is 32.1. The third-order valence-electron chi connectivity index (χ3n) is 4.34. The van der Waals surface area contributed by atoms with Gasteiger partial charge in [-0.25, -0.2) is 9.78 Å². The van der Waals surface area contributed by atoms with Gasteiger partial charge in [-0.15, -0.1) is 11.3 Å². The first kappa shape index (κ1) is 12.9. The lowest BCUT2D eigenvalue weighted by Crippen LogP contribution is -2.33. The van der Waals surface area contributed by atoms with Crippen molar-refractivity contribution in [2.45, 2.75) is 19.4 Å². The number of carbonyl (C=O) groups is 1. The number of carboxylic acid groups (broad SMARTS) is 1. The van der Waals surface area contributed by atoms with E-state index < -0.39 is 6.09 Å². The SMILES string of the molecule is O=C(O)N(Cc1cscn1)C[C@H]1C[C@H]2CNC[C@H]2C1. The molecule has 1 amide bonds. The Morgan fingerprint density at radius 1 is 1.47 bits per heavy atom. The van der Waals surface area contributed by atoms with Gasteiger partial charge in [0.15, 0.2) is 0 Å². The molecule has 2 N–H and O–H groups in total. The fraction of sp³-hybridized carbons (Fsp3) is 0.692. The average molecular weight is 281 g/mol. The number of nitrogens with one attached hydrogen (secondary N) is 1. The molecule has 0 spiro atoms. The third kappa shape index (κ3) is 2.90. The molecule has 1 saturated heterocycles. The second-order valence-corrected chi connectivity index (χ2v) is 6.38. The molecule has 3 rings (SSSR count). The van der Waals surface area contributed by atoms with Gasteiger partial charge in [0, 0.05) is 11.9 Å². The van der Waals surface area contributed by atoms with E-state index in [1.54, 1.807) is 5.51 Å². The van der Waals surface area contributed by atoms with Crippen molar-refractivity contribution in [2.24, 2.45) is 17.8 Å². The standard InChI is InChI=1S/C13H19N3O2S/c17-13(18)16(6-12-7-19-8-15-12)5-9-1-10-3-14-4-11(10)2-9/h7-11,14H,1-6H2,(H,17,18)/t9-,10-,11+. The van der Waals surface area contributed by atoms with Gasteiger partial charge in [0.1, 0.15) is 0 Å². The molecule has 1 aromatic rings. The first-order valence-electron chi connectivity index (χ1n) is 6.78. The molecule has 1 saturated carbocycles. The van der Waals surface area contributed by atoms with Crippen LogP contribution >= 0.6 is 11.3 Å². The van der Waals surface area contributed by atoms with Crippen LogP contribution in [-0.4, -0.2) is 40.7 Å². The zero-order valence-corrected chi connectivity index (χ0v) is 11.6. The van der Waals surface area contributed by atoms with E-state index in [0.29, 0.717) is 19.0 Å². The number of nitrogens with zero attached hydrogens (tertiary/aromatic N) is 2. The maximum atomic E-state index is 11.3. The Bertz CT molecular complexity index is 425. The number of thiazole rings is 1. The van der Waals surface area contributed by atoms with Crippen LogP contribution in [0.15, 0.2) is 10.9 Å². The fourth-order valence-corrected chi connectivity index (χ4v) is 4.02. The molecule has 19 heavy (non-hydrogen) atoms. The van der Waals surface area contributed by atoms with Crippen LogP contribution in [0.1, 0.15) is 18.5 Å². The molecule has 6 heteroatoms. The number of fused-ring (bicyclic) bond motifs is 1.